The maximum absolute atomic E-state index is 5.65. The standard InChI is InChI=1S/C19H20N6/c1-12-11-13(2)22-19-17(12)23-18(16-8-10-21-24-16)25(19)15-5-3-14(4-6-15)7-9-20/h3-6,8,10-11H,7,9,20H2,1-2H3,(H,21,24). The van der Waals surface area contributed by atoms with E-state index in [1.165, 1.54) is 5.56 Å². The number of hydrogen-bond acceptors (Lipinski definition) is 4. The molecule has 0 atom stereocenters. The molecule has 25 heavy (non-hydrogen) atoms. The molecule has 4 aromatic rings. The second-order valence-corrected chi connectivity index (χ2v) is 6.20. The van der Waals surface area contributed by atoms with E-state index in [1.54, 1.807) is 6.20 Å². The van der Waals surface area contributed by atoms with Crippen LogP contribution in [0.5, 0.6) is 0 Å². The Morgan fingerprint density at radius 1 is 1.08 bits per heavy atom. The van der Waals surface area contributed by atoms with Gasteiger partial charge >= 0.3 is 0 Å². The number of aromatic nitrogens is 5. The van der Waals surface area contributed by atoms with Crippen LogP contribution in [0, 0.1) is 13.8 Å². The molecule has 0 fully saturated rings. The van der Waals surface area contributed by atoms with Crippen LogP contribution < -0.4 is 5.73 Å². The summed E-state index contributed by atoms with van der Waals surface area (Å²) >= 11 is 0. The topological polar surface area (TPSA) is 85.4 Å². The molecule has 3 aromatic heterocycles. The Labute approximate surface area is 145 Å². The second-order valence-electron chi connectivity index (χ2n) is 6.20. The molecular formula is C19H20N6. The smallest absolute Gasteiger partial charge is 0.165 e. The average molecular weight is 332 g/mol. The summed E-state index contributed by atoms with van der Waals surface area (Å²) in [5.41, 5.74) is 12.6. The fourth-order valence-corrected chi connectivity index (χ4v) is 3.14. The third-order valence-electron chi connectivity index (χ3n) is 4.30. The molecule has 0 aliphatic rings. The zero-order valence-corrected chi connectivity index (χ0v) is 14.3. The molecule has 1 aromatic carbocycles. The molecule has 0 unspecified atom stereocenters. The Morgan fingerprint density at radius 3 is 2.56 bits per heavy atom. The summed E-state index contributed by atoms with van der Waals surface area (Å²) in [7, 11) is 0. The van der Waals surface area contributed by atoms with Crippen LogP contribution in [0.25, 0.3) is 28.4 Å². The minimum absolute atomic E-state index is 0.646. The molecule has 126 valence electrons. The number of H-pyrrole nitrogens is 1. The number of fused-ring (bicyclic) bond motifs is 1. The van der Waals surface area contributed by atoms with E-state index < -0.39 is 0 Å². The van der Waals surface area contributed by atoms with Gasteiger partial charge < -0.3 is 5.73 Å². The van der Waals surface area contributed by atoms with E-state index in [1.807, 2.05) is 13.0 Å². The van der Waals surface area contributed by atoms with Crippen LogP contribution in [-0.2, 0) is 6.42 Å². The van der Waals surface area contributed by atoms with E-state index in [0.29, 0.717) is 6.54 Å². The minimum atomic E-state index is 0.646. The number of nitrogens with zero attached hydrogens (tertiary/aromatic N) is 4. The van der Waals surface area contributed by atoms with Crippen LogP contribution in [0.1, 0.15) is 16.8 Å². The lowest BCUT2D eigenvalue weighted by Crippen LogP contribution is -2.03. The molecular weight excluding hydrogens is 312 g/mol. The van der Waals surface area contributed by atoms with Crippen molar-refractivity contribution in [2.24, 2.45) is 5.73 Å². The molecule has 6 nitrogen and oxygen atoms in total. The number of benzene rings is 1. The molecule has 0 saturated carbocycles. The first-order valence-corrected chi connectivity index (χ1v) is 8.33. The van der Waals surface area contributed by atoms with Gasteiger partial charge in [0.05, 0.1) is 0 Å². The van der Waals surface area contributed by atoms with E-state index in [-0.39, 0.29) is 0 Å². The SMILES string of the molecule is Cc1cc(C)c2nc(-c3ccn[nH]3)n(-c3ccc(CCN)cc3)c2n1. The van der Waals surface area contributed by atoms with Crippen LogP contribution in [0.2, 0.25) is 0 Å². The van der Waals surface area contributed by atoms with Gasteiger partial charge in [0, 0.05) is 17.6 Å². The third-order valence-corrected chi connectivity index (χ3v) is 4.30. The minimum Gasteiger partial charge on any atom is -0.330 e. The van der Waals surface area contributed by atoms with Crippen molar-refractivity contribution in [3.63, 3.8) is 0 Å². The van der Waals surface area contributed by atoms with Crippen molar-refractivity contribution in [1.82, 2.24) is 24.7 Å². The second kappa shape index (κ2) is 6.14. The van der Waals surface area contributed by atoms with Gasteiger partial charge in [-0.2, -0.15) is 5.10 Å². The number of aromatic amines is 1. The molecule has 0 saturated heterocycles. The first kappa shape index (κ1) is 15.5. The Balaban J connectivity index is 1.98. The molecule has 3 N–H and O–H groups in total. The Hall–Kier alpha value is -2.99. The quantitative estimate of drug-likeness (QED) is 0.602. The fraction of sp³-hybridized carbons (Fsp3) is 0.211. The van der Waals surface area contributed by atoms with Crippen molar-refractivity contribution < 1.29 is 0 Å². The molecule has 0 amide bonds. The van der Waals surface area contributed by atoms with Gasteiger partial charge in [-0.3, -0.25) is 9.67 Å². The third kappa shape index (κ3) is 2.70. The average Bonchev–Trinajstić information content (AvgIpc) is 3.23. The predicted molar refractivity (Wildman–Crippen MR) is 98.7 cm³/mol. The molecule has 6 heteroatoms. The molecule has 0 aliphatic heterocycles. The van der Waals surface area contributed by atoms with Gasteiger partial charge in [-0.25, -0.2) is 9.97 Å². The molecule has 4 rings (SSSR count). The highest BCUT2D eigenvalue weighted by Crippen LogP contribution is 2.28. The zero-order valence-electron chi connectivity index (χ0n) is 14.3. The molecule has 0 radical (unpaired) electrons. The number of imidazole rings is 1. The number of nitrogens with one attached hydrogen (secondary N) is 1. The van der Waals surface area contributed by atoms with Crippen molar-refractivity contribution in [3.05, 3.63) is 59.4 Å². The highest BCUT2D eigenvalue weighted by molar-refractivity contribution is 5.82. The molecule has 0 spiro atoms. The summed E-state index contributed by atoms with van der Waals surface area (Å²) in [5, 5.41) is 7.08. The summed E-state index contributed by atoms with van der Waals surface area (Å²) in [5.74, 6) is 0.806. The van der Waals surface area contributed by atoms with Crippen LogP contribution in [-0.4, -0.2) is 31.3 Å². The van der Waals surface area contributed by atoms with Gasteiger partial charge in [-0.1, -0.05) is 12.1 Å². The van der Waals surface area contributed by atoms with Gasteiger partial charge in [0.1, 0.15) is 11.2 Å². The normalized spacial score (nSPS) is 11.3. The molecule has 0 aliphatic carbocycles. The number of aryl methyl sites for hydroxylation is 2. The number of nitrogens with two attached hydrogens (primary N) is 1. The highest BCUT2D eigenvalue weighted by Gasteiger charge is 2.18. The van der Waals surface area contributed by atoms with Gasteiger partial charge in [-0.15, -0.1) is 0 Å². The van der Waals surface area contributed by atoms with Gasteiger partial charge in [-0.05, 0) is 62.2 Å². The monoisotopic (exact) mass is 332 g/mol. The first-order valence-electron chi connectivity index (χ1n) is 8.33. The Morgan fingerprint density at radius 2 is 1.88 bits per heavy atom. The summed E-state index contributed by atoms with van der Waals surface area (Å²) in [6, 6.07) is 12.4. The summed E-state index contributed by atoms with van der Waals surface area (Å²) in [6.07, 6.45) is 2.60. The van der Waals surface area contributed by atoms with Crippen molar-refractivity contribution in [3.8, 4) is 17.2 Å². The van der Waals surface area contributed by atoms with Crippen molar-refractivity contribution in [1.29, 1.82) is 0 Å². The lowest BCUT2D eigenvalue weighted by Gasteiger charge is -2.09. The maximum Gasteiger partial charge on any atom is 0.165 e. The van der Waals surface area contributed by atoms with E-state index in [2.05, 4.69) is 52.0 Å². The Bertz CT molecular complexity index is 1010. The van der Waals surface area contributed by atoms with E-state index in [9.17, 15) is 0 Å². The lowest BCUT2D eigenvalue weighted by molar-refractivity contribution is 0.964. The number of pyridine rings is 1. The maximum atomic E-state index is 5.65. The summed E-state index contributed by atoms with van der Waals surface area (Å²) in [4.78, 5) is 9.59. The van der Waals surface area contributed by atoms with E-state index in [0.717, 1.165) is 46.0 Å². The lowest BCUT2D eigenvalue weighted by atomic mass is 10.1. The van der Waals surface area contributed by atoms with Crippen molar-refractivity contribution >= 4 is 11.2 Å². The molecule has 0 bridgehead atoms. The number of hydrogen-bond donors (Lipinski definition) is 2. The van der Waals surface area contributed by atoms with Crippen molar-refractivity contribution in [2.75, 3.05) is 6.54 Å². The van der Waals surface area contributed by atoms with Crippen LogP contribution >= 0.6 is 0 Å². The largest absolute Gasteiger partial charge is 0.330 e. The fourth-order valence-electron chi connectivity index (χ4n) is 3.14. The highest BCUT2D eigenvalue weighted by atomic mass is 15.2. The van der Waals surface area contributed by atoms with E-state index in [4.69, 9.17) is 15.7 Å². The van der Waals surface area contributed by atoms with Gasteiger partial charge in [0.25, 0.3) is 0 Å². The summed E-state index contributed by atoms with van der Waals surface area (Å²) < 4.78 is 2.08. The van der Waals surface area contributed by atoms with Crippen LogP contribution in [0.4, 0.5) is 0 Å². The van der Waals surface area contributed by atoms with Gasteiger partial charge in [0.2, 0.25) is 0 Å². The van der Waals surface area contributed by atoms with Crippen LogP contribution in [0.3, 0.4) is 0 Å². The predicted octanol–water partition coefficient (Wildman–Crippen LogP) is 2.93. The summed E-state index contributed by atoms with van der Waals surface area (Å²) in [6.45, 7) is 4.71. The zero-order chi connectivity index (χ0) is 17.4. The van der Waals surface area contributed by atoms with Crippen LogP contribution in [0.15, 0.2) is 42.6 Å². The van der Waals surface area contributed by atoms with Gasteiger partial charge in [0.15, 0.2) is 11.5 Å². The Kier molecular flexibility index (Phi) is 3.82. The molecule has 3 heterocycles. The number of rotatable bonds is 4. The van der Waals surface area contributed by atoms with E-state index >= 15 is 0 Å². The van der Waals surface area contributed by atoms with Crippen molar-refractivity contribution in [2.45, 2.75) is 20.3 Å². The first-order chi connectivity index (χ1) is 12.2.